The van der Waals surface area contributed by atoms with Crippen molar-refractivity contribution in [3.05, 3.63) is 33.4 Å². The molecule has 0 aromatic heterocycles. The third kappa shape index (κ3) is 2.39. The van der Waals surface area contributed by atoms with Crippen LogP contribution in [0.4, 0.5) is 17.6 Å². The molecule has 1 aliphatic carbocycles. The molecule has 0 saturated carbocycles. The van der Waals surface area contributed by atoms with Crippen LogP contribution in [0.3, 0.4) is 0 Å². The summed E-state index contributed by atoms with van der Waals surface area (Å²) in [7, 11) is 0. The van der Waals surface area contributed by atoms with E-state index in [2.05, 4.69) is 10.0 Å². The lowest BCUT2D eigenvalue weighted by atomic mass is 9.87. The van der Waals surface area contributed by atoms with Gasteiger partial charge in [0.2, 0.25) is 11.8 Å². The van der Waals surface area contributed by atoms with Gasteiger partial charge in [0, 0.05) is 30.8 Å². The predicted octanol–water partition coefficient (Wildman–Crippen LogP) is 2.38. The molecule has 3 rings (SSSR count). The van der Waals surface area contributed by atoms with Crippen molar-refractivity contribution in [3.8, 4) is 0 Å². The first-order valence-electron chi connectivity index (χ1n) is 8.20. The lowest BCUT2D eigenvalue weighted by Gasteiger charge is -2.43. The highest BCUT2D eigenvalue weighted by Gasteiger charge is 2.65. The molecule has 28 heavy (non-hydrogen) atoms. The Morgan fingerprint density at radius 3 is 1.93 bits per heavy atom. The fourth-order valence-corrected chi connectivity index (χ4v) is 3.67. The van der Waals surface area contributed by atoms with E-state index in [9.17, 15) is 19.5 Å². The number of carboxylic acid groups (broad SMARTS) is 1. The van der Waals surface area contributed by atoms with Crippen LogP contribution in [0.5, 0.6) is 0 Å². The minimum absolute atomic E-state index is 0.0224. The molecule has 0 spiro atoms. The van der Waals surface area contributed by atoms with Gasteiger partial charge in [-0.05, 0) is 18.4 Å². The average Bonchev–Trinajstić information content (AvgIpc) is 3.25. The number of amides is 2. The van der Waals surface area contributed by atoms with E-state index in [1.165, 1.54) is 0 Å². The number of azide groups is 1. The van der Waals surface area contributed by atoms with Crippen molar-refractivity contribution in [2.24, 2.45) is 5.11 Å². The molecular formula is C15H13F4N5O4. The first-order valence-corrected chi connectivity index (χ1v) is 8.20. The monoisotopic (exact) mass is 403 g/mol. The molecule has 2 atom stereocenters. The van der Waals surface area contributed by atoms with Gasteiger partial charge in [-0.15, -0.1) is 0 Å². The van der Waals surface area contributed by atoms with Crippen molar-refractivity contribution >= 4 is 17.8 Å². The van der Waals surface area contributed by atoms with Crippen molar-refractivity contribution in [1.29, 1.82) is 0 Å². The van der Waals surface area contributed by atoms with Crippen LogP contribution in [-0.2, 0) is 14.4 Å². The number of hydrogen-bond acceptors (Lipinski definition) is 4. The molecule has 0 aromatic carbocycles. The molecular weight excluding hydrogens is 390 g/mol. The minimum atomic E-state index is -4.02. The van der Waals surface area contributed by atoms with Gasteiger partial charge in [0.15, 0.2) is 11.7 Å². The van der Waals surface area contributed by atoms with E-state index in [4.69, 9.17) is 5.53 Å². The molecule has 1 N–H and O–H groups in total. The van der Waals surface area contributed by atoms with Crippen molar-refractivity contribution < 1.29 is 37.1 Å². The number of carboxylic acids is 1. The molecule has 150 valence electrons. The maximum absolute atomic E-state index is 15.7. The quantitative estimate of drug-likeness (QED) is 0.254. The number of rotatable bonds is 4. The Balaban J connectivity index is 2.36. The van der Waals surface area contributed by atoms with Crippen molar-refractivity contribution in [3.63, 3.8) is 0 Å². The third-order valence-electron chi connectivity index (χ3n) is 4.90. The maximum atomic E-state index is 15.7. The number of likely N-dealkylation sites (tertiary alicyclic amines) is 2. The topological polar surface area (TPSA) is 127 Å². The smallest absolute Gasteiger partial charge is 0.340 e. The summed E-state index contributed by atoms with van der Waals surface area (Å²) in [6, 6.07) is 0. The van der Waals surface area contributed by atoms with Crippen molar-refractivity contribution in [2.75, 3.05) is 13.1 Å². The largest absolute Gasteiger partial charge is 0.478 e. The van der Waals surface area contributed by atoms with Gasteiger partial charge in [-0.2, -0.15) is 0 Å². The summed E-state index contributed by atoms with van der Waals surface area (Å²) in [6.07, 6.45) is -0.459. The standard InChI is InChI=1S/C15H13F4N5O4/c16-10-9(13(27)28)14(18,23-5-1-3-7(23)25)11(17)12(21-22-20)15(10,19)24-6-2-4-8(24)26/h1-6H2,(H,27,28). The van der Waals surface area contributed by atoms with Crippen LogP contribution >= 0.6 is 0 Å². The molecule has 2 unspecified atom stereocenters. The van der Waals surface area contributed by atoms with E-state index in [0.29, 0.717) is 0 Å². The third-order valence-corrected chi connectivity index (χ3v) is 4.90. The van der Waals surface area contributed by atoms with E-state index in [1.807, 2.05) is 0 Å². The molecule has 2 saturated heterocycles. The number of carbonyl (C=O) groups excluding carboxylic acids is 2. The van der Waals surface area contributed by atoms with Crippen molar-refractivity contribution in [1.82, 2.24) is 9.80 Å². The van der Waals surface area contributed by atoms with Gasteiger partial charge in [0.25, 0.3) is 11.6 Å². The highest BCUT2D eigenvalue weighted by molar-refractivity contribution is 5.94. The van der Waals surface area contributed by atoms with Gasteiger partial charge < -0.3 is 14.9 Å². The zero-order valence-electron chi connectivity index (χ0n) is 14.2. The molecule has 0 aromatic rings. The zero-order chi connectivity index (χ0) is 20.9. The lowest BCUT2D eigenvalue weighted by Crippen LogP contribution is -2.58. The van der Waals surface area contributed by atoms with E-state index in [-0.39, 0.29) is 35.5 Å². The molecule has 2 aliphatic heterocycles. The maximum Gasteiger partial charge on any atom is 0.340 e. The first kappa shape index (κ1) is 19.7. The number of nitrogens with zero attached hydrogens (tertiary/aromatic N) is 5. The van der Waals surface area contributed by atoms with E-state index in [1.54, 1.807) is 0 Å². The van der Waals surface area contributed by atoms with Crippen LogP contribution in [-0.4, -0.2) is 57.4 Å². The van der Waals surface area contributed by atoms with Crippen LogP contribution in [0.2, 0.25) is 0 Å². The van der Waals surface area contributed by atoms with E-state index in [0.717, 1.165) is 0 Å². The minimum Gasteiger partial charge on any atom is -0.478 e. The summed E-state index contributed by atoms with van der Waals surface area (Å²) < 4.78 is 61.8. The van der Waals surface area contributed by atoms with E-state index < -0.39 is 65.4 Å². The summed E-state index contributed by atoms with van der Waals surface area (Å²) in [5.74, 6) is -17.0. The zero-order valence-corrected chi connectivity index (χ0v) is 14.2. The van der Waals surface area contributed by atoms with Crippen LogP contribution in [0.15, 0.2) is 28.0 Å². The molecule has 3 aliphatic rings. The summed E-state index contributed by atoms with van der Waals surface area (Å²) in [6.45, 7) is -0.923. The molecule has 2 amide bonds. The normalized spacial score (nSPS) is 31.0. The van der Waals surface area contributed by atoms with Gasteiger partial charge >= 0.3 is 5.97 Å². The van der Waals surface area contributed by atoms with Gasteiger partial charge in [0.05, 0.1) is 0 Å². The summed E-state index contributed by atoms with van der Waals surface area (Å²) in [4.78, 5) is 37.9. The Hall–Kier alpha value is -3.08. The van der Waals surface area contributed by atoms with Gasteiger partial charge in [-0.3, -0.25) is 9.59 Å². The lowest BCUT2D eigenvalue weighted by molar-refractivity contribution is -0.147. The van der Waals surface area contributed by atoms with Gasteiger partial charge in [-0.25, -0.2) is 22.4 Å². The Kier molecular flexibility index (Phi) is 4.58. The summed E-state index contributed by atoms with van der Waals surface area (Å²) in [5, 5.41) is 12.0. The molecule has 2 heterocycles. The second kappa shape index (κ2) is 6.51. The summed E-state index contributed by atoms with van der Waals surface area (Å²) in [5.41, 5.74) is 4.86. The molecule has 0 radical (unpaired) electrons. The van der Waals surface area contributed by atoms with Crippen LogP contribution in [0.1, 0.15) is 25.7 Å². The number of carbonyl (C=O) groups is 3. The van der Waals surface area contributed by atoms with Crippen molar-refractivity contribution in [2.45, 2.75) is 37.3 Å². The number of hydrogen-bond donors (Lipinski definition) is 1. The molecule has 0 bridgehead atoms. The Labute approximate surface area is 154 Å². The molecule has 2 fully saturated rings. The number of halogens is 4. The van der Waals surface area contributed by atoms with Gasteiger partial charge in [0.1, 0.15) is 11.3 Å². The second-order valence-corrected chi connectivity index (χ2v) is 6.39. The fourth-order valence-electron chi connectivity index (χ4n) is 3.67. The Morgan fingerprint density at radius 2 is 1.54 bits per heavy atom. The Morgan fingerprint density at radius 1 is 1.04 bits per heavy atom. The highest BCUT2D eigenvalue weighted by atomic mass is 19.2. The highest BCUT2D eigenvalue weighted by Crippen LogP contribution is 2.53. The fraction of sp³-hybridized carbons (Fsp3) is 0.533. The van der Waals surface area contributed by atoms with E-state index >= 15 is 17.6 Å². The summed E-state index contributed by atoms with van der Waals surface area (Å²) >= 11 is 0. The molecule has 13 heteroatoms. The Bertz CT molecular complexity index is 841. The van der Waals surface area contributed by atoms with Crippen LogP contribution < -0.4 is 0 Å². The molecule has 9 nitrogen and oxygen atoms in total. The SMILES string of the molecule is [N-]=[N+]=NC1=C(F)C(F)(N2CCCC2=O)C(C(=O)O)=C(F)C1(F)N1CCCC1=O. The van der Waals surface area contributed by atoms with Crippen LogP contribution in [0, 0.1) is 0 Å². The number of aliphatic carboxylic acids is 1. The predicted molar refractivity (Wildman–Crippen MR) is 82.6 cm³/mol. The first-order chi connectivity index (χ1) is 13.1. The second-order valence-electron chi connectivity index (χ2n) is 6.39. The van der Waals surface area contributed by atoms with Crippen LogP contribution in [0.25, 0.3) is 10.4 Å². The van der Waals surface area contributed by atoms with Gasteiger partial charge in [-0.1, -0.05) is 5.11 Å². The number of alkyl halides is 2. The average molecular weight is 403 g/mol.